The van der Waals surface area contributed by atoms with Crippen LogP contribution < -0.4 is 0 Å². The minimum Gasteiger partial charge on any atom is -0.477 e. The summed E-state index contributed by atoms with van der Waals surface area (Å²) >= 11 is 1.20. The van der Waals surface area contributed by atoms with E-state index in [1.807, 2.05) is 0 Å². The van der Waals surface area contributed by atoms with Gasteiger partial charge in [0, 0.05) is 24.5 Å². The molecule has 22 heavy (non-hydrogen) atoms. The number of urea groups is 1. The molecule has 2 aliphatic heterocycles. The molecule has 0 spiro atoms. The quantitative estimate of drug-likeness (QED) is 0.807. The zero-order valence-corrected chi connectivity index (χ0v) is 13.5. The Labute approximate surface area is 132 Å². The van der Waals surface area contributed by atoms with Crippen LogP contribution in [0.3, 0.4) is 0 Å². The zero-order chi connectivity index (χ0) is 15.9. The summed E-state index contributed by atoms with van der Waals surface area (Å²) in [6.45, 7) is 1.39. The molecule has 1 fully saturated rings. The van der Waals surface area contributed by atoms with Crippen LogP contribution in [-0.2, 0) is 22.8 Å². The average Bonchev–Trinajstić information content (AvgIpc) is 2.89. The fourth-order valence-electron chi connectivity index (χ4n) is 2.69. The Bertz CT molecular complexity index is 711. The van der Waals surface area contributed by atoms with E-state index in [9.17, 15) is 18.0 Å². The van der Waals surface area contributed by atoms with Gasteiger partial charge in [0.25, 0.3) is 0 Å². The first-order valence-corrected chi connectivity index (χ1v) is 9.59. The molecule has 2 amide bonds. The van der Waals surface area contributed by atoms with Crippen molar-refractivity contribution < 1.29 is 23.1 Å². The van der Waals surface area contributed by atoms with Gasteiger partial charge in [0.2, 0.25) is 0 Å². The van der Waals surface area contributed by atoms with Crippen molar-refractivity contribution in [1.82, 2.24) is 9.80 Å². The molecule has 7 nitrogen and oxygen atoms in total. The summed E-state index contributed by atoms with van der Waals surface area (Å²) in [5, 5.41) is 9.03. The van der Waals surface area contributed by atoms with Crippen LogP contribution in [0.25, 0.3) is 0 Å². The summed E-state index contributed by atoms with van der Waals surface area (Å²) in [6.07, 6.45) is 0.636. The minimum atomic E-state index is -3.01. The van der Waals surface area contributed by atoms with E-state index in [-0.39, 0.29) is 30.6 Å². The van der Waals surface area contributed by atoms with Gasteiger partial charge in [-0.25, -0.2) is 18.0 Å². The molecule has 9 heteroatoms. The van der Waals surface area contributed by atoms with E-state index in [4.69, 9.17) is 5.11 Å². The van der Waals surface area contributed by atoms with Crippen LogP contribution in [-0.4, -0.2) is 66.5 Å². The number of amides is 2. The number of carboxylic acid groups (broad SMARTS) is 1. The molecule has 0 radical (unpaired) electrons. The third kappa shape index (κ3) is 2.95. The van der Waals surface area contributed by atoms with Gasteiger partial charge in [-0.2, -0.15) is 0 Å². The van der Waals surface area contributed by atoms with E-state index in [2.05, 4.69) is 0 Å². The standard InChI is InChI=1S/C13H16N2O5S2/c16-12(17)10-7-9-1-2-15(8-11(9)21-10)13(18)14-3-5-22(19,20)6-4-14/h7H,1-6,8H2,(H,16,17). The monoisotopic (exact) mass is 344 g/mol. The highest BCUT2D eigenvalue weighted by molar-refractivity contribution is 7.91. The summed E-state index contributed by atoms with van der Waals surface area (Å²) in [7, 11) is -3.01. The molecule has 1 aromatic heterocycles. The Morgan fingerprint density at radius 2 is 1.82 bits per heavy atom. The molecular weight excluding hydrogens is 328 g/mol. The van der Waals surface area contributed by atoms with Crippen molar-refractivity contribution in [2.75, 3.05) is 31.1 Å². The lowest BCUT2D eigenvalue weighted by molar-refractivity contribution is 0.0702. The highest BCUT2D eigenvalue weighted by Gasteiger charge is 2.30. The number of carbonyl (C=O) groups is 2. The number of hydrogen-bond donors (Lipinski definition) is 1. The predicted octanol–water partition coefficient (Wildman–Crippen LogP) is 0.655. The molecule has 0 unspecified atom stereocenters. The Balaban J connectivity index is 1.69. The summed E-state index contributed by atoms with van der Waals surface area (Å²) in [4.78, 5) is 27.9. The van der Waals surface area contributed by atoms with Gasteiger partial charge in [-0.1, -0.05) is 0 Å². The van der Waals surface area contributed by atoms with Crippen LogP contribution in [0, 0.1) is 0 Å². The molecule has 3 rings (SSSR count). The fourth-order valence-corrected chi connectivity index (χ4v) is 4.96. The van der Waals surface area contributed by atoms with E-state index in [0.717, 1.165) is 10.4 Å². The number of thiophene rings is 1. The number of nitrogens with zero attached hydrogens (tertiary/aromatic N) is 2. The van der Waals surface area contributed by atoms with E-state index in [1.165, 1.54) is 11.3 Å². The normalized spacial score (nSPS) is 20.5. The van der Waals surface area contributed by atoms with Crippen molar-refractivity contribution in [3.63, 3.8) is 0 Å². The molecule has 0 atom stereocenters. The van der Waals surface area contributed by atoms with Crippen molar-refractivity contribution in [2.45, 2.75) is 13.0 Å². The molecule has 0 aromatic carbocycles. The highest BCUT2D eigenvalue weighted by atomic mass is 32.2. The smallest absolute Gasteiger partial charge is 0.345 e. The van der Waals surface area contributed by atoms with Gasteiger partial charge in [0.1, 0.15) is 4.88 Å². The van der Waals surface area contributed by atoms with Crippen molar-refractivity contribution in [1.29, 1.82) is 0 Å². The number of carboxylic acids is 1. The van der Waals surface area contributed by atoms with Crippen LogP contribution in [0.4, 0.5) is 4.79 Å². The third-order valence-corrected chi connectivity index (χ3v) is 6.74. The Morgan fingerprint density at radius 1 is 1.14 bits per heavy atom. The molecule has 120 valence electrons. The van der Waals surface area contributed by atoms with Crippen molar-refractivity contribution in [3.05, 3.63) is 21.4 Å². The Morgan fingerprint density at radius 3 is 2.45 bits per heavy atom. The summed E-state index contributed by atoms with van der Waals surface area (Å²) in [6, 6.07) is 1.52. The van der Waals surface area contributed by atoms with Gasteiger partial charge < -0.3 is 14.9 Å². The first-order valence-electron chi connectivity index (χ1n) is 6.95. The molecular formula is C13H16N2O5S2. The lowest BCUT2D eigenvalue weighted by Crippen LogP contribution is -2.50. The number of aromatic carboxylic acids is 1. The zero-order valence-electron chi connectivity index (χ0n) is 11.8. The summed E-state index contributed by atoms with van der Waals surface area (Å²) in [5.41, 5.74) is 0.993. The van der Waals surface area contributed by atoms with Crippen LogP contribution in [0.2, 0.25) is 0 Å². The van der Waals surface area contributed by atoms with E-state index in [0.29, 0.717) is 24.4 Å². The van der Waals surface area contributed by atoms with Crippen molar-refractivity contribution in [3.8, 4) is 0 Å². The lowest BCUT2D eigenvalue weighted by Gasteiger charge is -2.34. The molecule has 0 aliphatic carbocycles. The Kier molecular flexibility index (Phi) is 3.85. The molecule has 3 heterocycles. The summed E-state index contributed by atoms with van der Waals surface area (Å²) in [5.74, 6) is -0.918. The maximum absolute atomic E-state index is 12.5. The van der Waals surface area contributed by atoms with E-state index >= 15 is 0 Å². The van der Waals surface area contributed by atoms with Gasteiger partial charge in [-0.15, -0.1) is 11.3 Å². The molecule has 0 saturated carbocycles. The fraction of sp³-hybridized carbons (Fsp3) is 0.538. The average molecular weight is 344 g/mol. The first kappa shape index (κ1) is 15.3. The largest absolute Gasteiger partial charge is 0.477 e. The second-order valence-electron chi connectivity index (χ2n) is 5.46. The predicted molar refractivity (Wildman–Crippen MR) is 81.0 cm³/mol. The van der Waals surface area contributed by atoms with E-state index < -0.39 is 15.8 Å². The van der Waals surface area contributed by atoms with Crippen molar-refractivity contribution in [2.24, 2.45) is 0 Å². The van der Waals surface area contributed by atoms with Crippen molar-refractivity contribution >= 4 is 33.2 Å². The van der Waals surface area contributed by atoms with E-state index in [1.54, 1.807) is 15.9 Å². The number of carbonyl (C=O) groups excluding carboxylic acids is 1. The van der Waals surface area contributed by atoms with Gasteiger partial charge in [0.15, 0.2) is 9.84 Å². The van der Waals surface area contributed by atoms with Crippen LogP contribution in [0.1, 0.15) is 20.1 Å². The van der Waals surface area contributed by atoms with Gasteiger partial charge in [-0.3, -0.25) is 0 Å². The van der Waals surface area contributed by atoms with Gasteiger partial charge >= 0.3 is 12.0 Å². The van der Waals surface area contributed by atoms with Crippen LogP contribution in [0.15, 0.2) is 6.07 Å². The van der Waals surface area contributed by atoms with Gasteiger partial charge in [0.05, 0.1) is 18.1 Å². The molecule has 1 saturated heterocycles. The number of fused-ring (bicyclic) bond motifs is 1. The Hall–Kier alpha value is -1.61. The third-order valence-electron chi connectivity index (χ3n) is 3.98. The van der Waals surface area contributed by atoms with Gasteiger partial charge in [-0.05, 0) is 18.1 Å². The molecule has 1 aromatic rings. The topological polar surface area (TPSA) is 95.0 Å². The second-order valence-corrected chi connectivity index (χ2v) is 8.90. The summed E-state index contributed by atoms with van der Waals surface area (Å²) < 4.78 is 22.8. The van der Waals surface area contributed by atoms with Crippen LogP contribution in [0.5, 0.6) is 0 Å². The number of hydrogen-bond acceptors (Lipinski definition) is 5. The number of rotatable bonds is 1. The molecule has 2 aliphatic rings. The minimum absolute atomic E-state index is 0.0139. The lowest BCUT2D eigenvalue weighted by atomic mass is 10.1. The number of sulfone groups is 1. The first-order chi connectivity index (χ1) is 10.4. The molecule has 1 N–H and O–H groups in total. The SMILES string of the molecule is O=C(O)c1cc2c(s1)CN(C(=O)N1CCS(=O)(=O)CC1)CC2. The maximum atomic E-state index is 12.5. The highest BCUT2D eigenvalue weighted by Crippen LogP contribution is 2.28. The molecule has 0 bridgehead atoms. The van der Waals surface area contributed by atoms with Crippen LogP contribution >= 0.6 is 11.3 Å². The second kappa shape index (κ2) is 5.54. The maximum Gasteiger partial charge on any atom is 0.345 e.